The number of hydrogen-bond donors (Lipinski definition) is 2. The van der Waals surface area contributed by atoms with E-state index in [4.69, 9.17) is 9.47 Å². The topological polar surface area (TPSA) is 140 Å². The third-order valence-electron chi connectivity index (χ3n) is 9.67. The highest BCUT2D eigenvalue weighted by atomic mass is 32.2. The van der Waals surface area contributed by atoms with Gasteiger partial charge in [0.2, 0.25) is 5.16 Å². The molecule has 2 aliphatic rings. The summed E-state index contributed by atoms with van der Waals surface area (Å²) in [4.78, 5) is 27.4. The largest absolute Gasteiger partial charge is 0.508 e. The lowest BCUT2D eigenvalue weighted by molar-refractivity contribution is -0.268. The van der Waals surface area contributed by atoms with Gasteiger partial charge >= 0.3 is 0 Å². The maximum absolute atomic E-state index is 13.0. The van der Waals surface area contributed by atoms with Gasteiger partial charge in [-0.2, -0.15) is 4.68 Å². The van der Waals surface area contributed by atoms with E-state index in [1.54, 1.807) is 53.2 Å². The van der Waals surface area contributed by atoms with Crippen LogP contribution >= 0.6 is 11.8 Å². The molecule has 1 fully saturated rings. The number of hydrogen-bond acceptors (Lipinski definition) is 10. The van der Waals surface area contributed by atoms with Gasteiger partial charge < -0.3 is 19.7 Å². The highest BCUT2D eigenvalue weighted by Gasteiger charge is 2.39. The summed E-state index contributed by atoms with van der Waals surface area (Å²) in [6, 6.07) is 37.2. The standard InChI is InChI=1S/C41H35N5O6S/c1-25-36(24-53-41-42-43-44-46(41)32-16-18-33(48)19-17-32)51-40(52-37(25)28-14-12-26(23-47)13-15-28)31-9-5-8-30(21-31)29-7-4-6-27(20-29)22-45-38(49)34-10-2-3-11-35(34)39(45)50/h2-21,25,36-37,40,47-48H,22-24H2,1H3/t25-,36+,37+,40+/m0/s1. The molecule has 53 heavy (non-hydrogen) atoms. The number of rotatable bonds is 10. The van der Waals surface area contributed by atoms with Crippen molar-refractivity contribution in [1.29, 1.82) is 0 Å². The van der Waals surface area contributed by atoms with Crippen LogP contribution in [0.2, 0.25) is 0 Å². The molecule has 11 nitrogen and oxygen atoms in total. The van der Waals surface area contributed by atoms with Gasteiger partial charge in [-0.25, -0.2) is 0 Å². The van der Waals surface area contributed by atoms with E-state index in [9.17, 15) is 19.8 Å². The number of tetrazole rings is 1. The molecule has 8 rings (SSSR count). The molecule has 0 saturated carbocycles. The second-order valence-electron chi connectivity index (χ2n) is 13.1. The number of aliphatic hydroxyl groups excluding tert-OH is 1. The second-order valence-corrected chi connectivity index (χ2v) is 14.1. The fourth-order valence-corrected chi connectivity index (χ4v) is 7.82. The average molecular weight is 726 g/mol. The third-order valence-corrected chi connectivity index (χ3v) is 10.7. The van der Waals surface area contributed by atoms with Crippen LogP contribution in [0.3, 0.4) is 0 Å². The number of amides is 2. The smallest absolute Gasteiger partial charge is 0.261 e. The zero-order valence-corrected chi connectivity index (χ0v) is 29.5. The number of phenols is 1. The van der Waals surface area contributed by atoms with Crippen molar-refractivity contribution in [2.75, 3.05) is 5.75 Å². The van der Waals surface area contributed by atoms with E-state index in [1.165, 1.54) is 16.7 Å². The van der Waals surface area contributed by atoms with Crippen molar-refractivity contribution in [1.82, 2.24) is 25.1 Å². The Kier molecular flexibility index (Phi) is 9.59. The molecule has 2 N–H and O–H groups in total. The van der Waals surface area contributed by atoms with Crippen molar-refractivity contribution in [3.05, 3.63) is 155 Å². The molecular formula is C41H35N5O6S. The highest BCUT2D eigenvalue weighted by molar-refractivity contribution is 7.99. The molecule has 6 aromatic rings. The zero-order valence-electron chi connectivity index (χ0n) is 28.6. The first-order valence-corrected chi connectivity index (χ1v) is 18.2. The van der Waals surface area contributed by atoms with Crippen LogP contribution in [0.1, 0.15) is 62.3 Å². The molecule has 2 aliphatic heterocycles. The van der Waals surface area contributed by atoms with Crippen LogP contribution in [0.4, 0.5) is 0 Å². The van der Waals surface area contributed by atoms with Crippen molar-refractivity contribution in [3.63, 3.8) is 0 Å². The minimum Gasteiger partial charge on any atom is -0.508 e. The van der Waals surface area contributed by atoms with Crippen LogP contribution in [0, 0.1) is 5.92 Å². The van der Waals surface area contributed by atoms with E-state index < -0.39 is 6.29 Å². The fraction of sp³-hybridized carbons (Fsp3) is 0.195. The van der Waals surface area contributed by atoms with Crippen molar-refractivity contribution >= 4 is 23.6 Å². The third kappa shape index (κ3) is 6.97. The first kappa shape index (κ1) is 34.4. The molecule has 266 valence electrons. The summed E-state index contributed by atoms with van der Waals surface area (Å²) in [6.07, 6.45) is -1.28. The molecule has 0 aliphatic carbocycles. The Bertz CT molecular complexity index is 2240. The highest BCUT2D eigenvalue weighted by Crippen LogP contribution is 2.43. The Balaban J connectivity index is 1.05. The van der Waals surface area contributed by atoms with Gasteiger partial charge in [0.15, 0.2) is 6.29 Å². The number of benzene rings is 5. The molecule has 1 saturated heterocycles. The average Bonchev–Trinajstić information content (AvgIpc) is 3.77. The van der Waals surface area contributed by atoms with Gasteiger partial charge in [0.1, 0.15) is 5.75 Å². The summed E-state index contributed by atoms with van der Waals surface area (Å²) in [6.45, 7) is 2.22. The number of nitrogens with zero attached hydrogens (tertiary/aromatic N) is 5. The van der Waals surface area contributed by atoms with Crippen molar-refractivity contribution in [2.24, 2.45) is 5.92 Å². The number of carbonyl (C=O) groups is 2. The Labute approximate surface area is 309 Å². The van der Waals surface area contributed by atoms with Crippen LogP contribution in [-0.4, -0.2) is 59.0 Å². The van der Waals surface area contributed by atoms with Crippen molar-refractivity contribution < 1.29 is 29.3 Å². The van der Waals surface area contributed by atoms with E-state index in [2.05, 4.69) is 22.4 Å². The van der Waals surface area contributed by atoms with Gasteiger partial charge in [0.05, 0.1) is 42.2 Å². The lowest BCUT2D eigenvalue weighted by atomic mass is 9.91. The van der Waals surface area contributed by atoms with E-state index in [0.29, 0.717) is 22.0 Å². The first-order chi connectivity index (χ1) is 25.9. The summed E-state index contributed by atoms with van der Waals surface area (Å²) in [5.74, 6) is 0.0546. The number of imide groups is 1. The number of aromatic nitrogens is 4. The van der Waals surface area contributed by atoms with Crippen LogP contribution in [-0.2, 0) is 22.6 Å². The van der Waals surface area contributed by atoms with Gasteiger partial charge in [-0.1, -0.05) is 91.5 Å². The Morgan fingerprint density at radius 3 is 2.17 bits per heavy atom. The quantitative estimate of drug-likeness (QED) is 0.113. The second kappa shape index (κ2) is 14.8. The van der Waals surface area contributed by atoms with Gasteiger partial charge in [0, 0.05) is 17.2 Å². The maximum atomic E-state index is 13.0. The van der Waals surface area contributed by atoms with Gasteiger partial charge in [-0.15, -0.1) is 5.10 Å². The SMILES string of the molecule is C[C@H]1[C@@H](CSc2nnnn2-c2ccc(O)cc2)O[C@@H](c2cccc(-c3cccc(CN4C(=O)c5ccccc5C4=O)c3)c2)O[C@H]1c1ccc(CO)cc1. The molecule has 4 atom stereocenters. The summed E-state index contributed by atoms with van der Waals surface area (Å²) in [5.41, 5.74) is 6.90. The number of aromatic hydroxyl groups is 1. The predicted octanol–water partition coefficient (Wildman–Crippen LogP) is 6.91. The lowest BCUT2D eigenvalue weighted by Crippen LogP contribution is -2.38. The molecule has 2 amide bonds. The molecule has 1 aromatic heterocycles. The Hall–Kier alpha value is -5.66. The molecule has 3 heterocycles. The number of thioether (sulfide) groups is 1. The summed E-state index contributed by atoms with van der Waals surface area (Å²) in [7, 11) is 0. The summed E-state index contributed by atoms with van der Waals surface area (Å²) >= 11 is 1.47. The van der Waals surface area contributed by atoms with Crippen LogP contribution in [0.25, 0.3) is 16.8 Å². The Morgan fingerprint density at radius 1 is 0.755 bits per heavy atom. The normalized spacial score (nSPS) is 19.8. The van der Waals surface area contributed by atoms with Crippen LogP contribution in [0.15, 0.2) is 126 Å². The molecule has 0 unspecified atom stereocenters. The zero-order chi connectivity index (χ0) is 36.5. The molecule has 12 heteroatoms. The van der Waals surface area contributed by atoms with E-state index in [1.807, 2.05) is 72.8 Å². The summed E-state index contributed by atoms with van der Waals surface area (Å²) in [5, 5.41) is 32.3. The van der Waals surface area contributed by atoms with E-state index in [-0.39, 0.29) is 48.8 Å². The number of fused-ring (bicyclic) bond motifs is 1. The van der Waals surface area contributed by atoms with Crippen molar-refractivity contribution in [3.8, 4) is 22.6 Å². The van der Waals surface area contributed by atoms with Gasteiger partial charge in [-0.3, -0.25) is 14.5 Å². The molecule has 0 radical (unpaired) electrons. The first-order valence-electron chi connectivity index (χ1n) is 17.2. The van der Waals surface area contributed by atoms with E-state index >= 15 is 0 Å². The van der Waals surface area contributed by atoms with Crippen LogP contribution in [0.5, 0.6) is 5.75 Å². The van der Waals surface area contributed by atoms with E-state index in [0.717, 1.165) is 39.1 Å². The monoisotopic (exact) mass is 725 g/mol. The lowest BCUT2D eigenvalue weighted by Gasteiger charge is -2.41. The van der Waals surface area contributed by atoms with Crippen LogP contribution < -0.4 is 0 Å². The number of carbonyl (C=O) groups excluding carboxylic acids is 2. The van der Waals surface area contributed by atoms with Crippen molar-refractivity contribution in [2.45, 2.75) is 43.7 Å². The molecule has 5 aromatic carbocycles. The number of ether oxygens (including phenoxy) is 2. The van der Waals surface area contributed by atoms with Gasteiger partial charge in [-0.05, 0) is 86.8 Å². The minimum absolute atomic E-state index is 0.0472. The number of aliphatic hydroxyl groups is 1. The molecule has 0 bridgehead atoms. The molecular weight excluding hydrogens is 691 g/mol. The number of phenolic OH excluding ortho intramolecular Hbond substituents is 1. The predicted molar refractivity (Wildman–Crippen MR) is 197 cm³/mol. The fourth-order valence-electron chi connectivity index (χ4n) is 6.77. The Morgan fingerprint density at radius 2 is 1.45 bits per heavy atom. The minimum atomic E-state index is -0.700. The molecule has 0 spiro atoms. The summed E-state index contributed by atoms with van der Waals surface area (Å²) < 4.78 is 15.1. The maximum Gasteiger partial charge on any atom is 0.261 e. The van der Waals surface area contributed by atoms with Gasteiger partial charge in [0.25, 0.3) is 11.8 Å².